The molecule has 1 atom stereocenters. The third-order valence-corrected chi connectivity index (χ3v) is 3.78. The van der Waals surface area contributed by atoms with Crippen molar-refractivity contribution in [3.8, 4) is 0 Å². The first-order valence-corrected chi connectivity index (χ1v) is 7.23. The van der Waals surface area contributed by atoms with E-state index in [-0.39, 0.29) is 6.04 Å². The molecule has 0 aliphatic heterocycles. The van der Waals surface area contributed by atoms with Crippen molar-refractivity contribution in [2.75, 3.05) is 0 Å². The number of hydrogen-bond acceptors (Lipinski definition) is 3. The van der Waals surface area contributed by atoms with Gasteiger partial charge in [-0.25, -0.2) is 0 Å². The van der Waals surface area contributed by atoms with Crippen molar-refractivity contribution in [3.63, 3.8) is 0 Å². The van der Waals surface area contributed by atoms with Crippen LogP contribution in [0.25, 0.3) is 10.9 Å². The smallest absolute Gasteiger partial charge is 0.0704 e. The lowest BCUT2D eigenvalue weighted by Gasteiger charge is -2.13. The Hall–Kier alpha value is -1.78. The van der Waals surface area contributed by atoms with Crippen molar-refractivity contribution in [3.05, 3.63) is 70.6 Å². The number of pyridine rings is 2. The molecule has 0 aliphatic rings. The van der Waals surface area contributed by atoms with Crippen LogP contribution in [0.1, 0.15) is 17.3 Å². The summed E-state index contributed by atoms with van der Waals surface area (Å²) in [7, 11) is 0. The number of aromatic nitrogens is 2. The molecule has 4 heteroatoms. The maximum atomic E-state index is 6.27. The van der Waals surface area contributed by atoms with Gasteiger partial charge in [0.1, 0.15) is 0 Å². The predicted octanol–water partition coefficient (Wildman–Crippen LogP) is 3.63. The van der Waals surface area contributed by atoms with Gasteiger partial charge in [0, 0.05) is 22.3 Å². The number of benzene rings is 1. The van der Waals surface area contributed by atoms with Crippen molar-refractivity contribution in [2.45, 2.75) is 12.5 Å². The number of para-hydroxylation sites is 1. The molecule has 1 unspecified atom stereocenters. The molecule has 2 N–H and O–H groups in total. The van der Waals surface area contributed by atoms with Crippen LogP contribution in [0.15, 0.2) is 59.3 Å². The predicted molar refractivity (Wildman–Crippen MR) is 84.3 cm³/mol. The molecule has 2 aromatic heterocycles. The van der Waals surface area contributed by atoms with Gasteiger partial charge in [0.15, 0.2) is 0 Å². The number of nitrogens with two attached hydrogens (primary N) is 1. The highest BCUT2D eigenvalue weighted by Gasteiger charge is 2.10. The summed E-state index contributed by atoms with van der Waals surface area (Å²) in [6.45, 7) is 0. The maximum Gasteiger partial charge on any atom is 0.0704 e. The quantitative estimate of drug-likeness (QED) is 0.799. The molecular weight excluding hydrogens is 314 g/mol. The van der Waals surface area contributed by atoms with Crippen LogP contribution in [0.3, 0.4) is 0 Å². The SMILES string of the molecule is NC(Cc1ccnc2ccccc12)c1ccc(Br)cn1. The van der Waals surface area contributed by atoms with Crippen LogP contribution in [0.5, 0.6) is 0 Å². The fourth-order valence-corrected chi connectivity index (χ4v) is 2.52. The van der Waals surface area contributed by atoms with Crippen LogP contribution in [0, 0.1) is 0 Å². The first-order chi connectivity index (χ1) is 9.74. The average molecular weight is 328 g/mol. The fraction of sp³-hybridized carbons (Fsp3) is 0.125. The van der Waals surface area contributed by atoms with E-state index in [9.17, 15) is 0 Å². The van der Waals surface area contributed by atoms with E-state index < -0.39 is 0 Å². The van der Waals surface area contributed by atoms with E-state index >= 15 is 0 Å². The highest BCUT2D eigenvalue weighted by Crippen LogP contribution is 2.21. The number of rotatable bonds is 3. The largest absolute Gasteiger partial charge is 0.322 e. The molecule has 0 amide bonds. The van der Waals surface area contributed by atoms with Crippen molar-refractivity contribution in [1.29, 1.82) is 0 Å². The molecular formula is C16H14BrN3. The Morgan fingerprint density at radius 3 is 2.70 bits per heavy atom. The Kier molecular flexibility index (Phi) is 3.76. The van der Waals surface area contributed by atoms with E-state index in [0.717, 1.165) is 27.5 Å². The van der Waals surface area contributed by atoms with E-state index in [1.165, 1.54) is 5.56 Å². The second kappa shape index (κ2) is 5.69. The molecule has 0 spiro atoms. The van der Waals surface area contributed by atoms with Crippen molar-refractivity contribution < 1.29 is 0 Å². The van der Waals surface area contributed by atoms with E-state index in [1.807, 2.05) is 42.6 Å². The molecule has 1 aromatic carbocycles. The summed E-state index contributed by atoms with van der Waals surface area (Å²) < 4.78 is 0.961. The third-order valence-electron chi connectivity index (χ3n) is 3.31. The van der Waals surface area contributed by atoms with Gasteiger partial charge in [-0.05, 0) is 52.2 Å². The van der Waals surface area contributed by atoms with E-state index in [4.69, 9.17) is 5.73 Å². The number of fused-ring (bicyclic) bond motifs is 1. The summed E-state index contributed by atoms with van der Waals surface area (Å²) in [5.41, 5.74) is 9.37. The van der Waals surface area contributed by atoms with Gasteiger partial charge in [-0.15, -0.1) is 0 Å². The highest BCUT2D eigenvalue weighted by molar-refractivity contribution is 9.10. The molecule has 2 heterocycles. The Morgan fingerprint density at radius 1 is 1.05 bits per heavy atom. The lowest BCUT2D eigenvalue weighted by Crippen LogP contribution is -2.15. The second-order valence-corrected chi connectivity index (χ2v) is 5.61. The molecule has 0 aliphatic carbocycles. The third kappa shape index (κ3) is 2.71. The zero-order valence-electron chi connectivity index (χ0n) is 10.8. The Balaban J connectivity index is 1.91. The standard InChI is InChI=1S/C16H14BrN3/c17-12-5-6-16(20-10-12)14(18)9-11-7-8-19-15-4-2-1-3-13(11)15/h1-8,10,14H,9,18H2. The Labute approximate surface area is 126 Å². The monoisotopic (exact) mass is 327 g/mol. The van der Waals surface area contributed by atoms with Crippen molar-refractivity contribution in [1.82, 2.24) is 9.97 Å². The zero-order chi connectivity index (χ0) is 13.9. The normalized spacial score (nSPS) is 12.5. The summed E-state index contributed by atoms with van der Waals surface area (Å²) in [5.74, 6) is 0. The summed E-state index contributed by atoms with van der Waals surface area (Å²) in [6, 6.07) is 14.0. The van der Waals surface area contributed by atoms with Gasteiger partial charge in [-0.3, -0.25) is 9.97 Å². The Bertz CT molecular complexity index is 720. The van der Waals surface area contributed by atoms with Crippen LogP contribution in [0.4, 0.5) is 0 Å². The van der Waals surface area contributed by atoms with Gasteiger partial charge in [-0.1, -0.05) is 18.2 Å². The van der Waals surface area contributed by atoms with Gasteiger partial charge in [-0.2, -0.15) is 0 Å². The summed E-state index contributed by atoms with van der Waals surface area (Å²) in [4.78, 5) is 8.74. The van der Waals surface area contributed by atoms with Crippen molar-refractivity contribution >= 4 is 26.8 Å². The van der Waals surface area contributed by atoms with Crippen LogP contribution >= 0.6 is 15.9 Å². The first kappa shape index (κ1) is 13.2. The molecule has 3 rings (SSSR count). The van der Waals surface area contributed by atoms with Crippen molar-refractivity contribution in [2.24, 2.45) is 5.73 Å². The lowest BCUT2D eigenvalue weighted by molar-refractivity contribution is 0.698. The van der Waals surface area contributed by atoms with E-state index in [0.29, 0.717) is 0 Å². The van der Waals surface area contributed by atoms with Crippen LogP contribution in [-0.2, 0) is 6.42 Å². The Morgan fingerprint density at radius 2 is 1.90 bits per heavy atom. The van der Waals surface area contributed by atoms with Gasteiger partial charge in [0.2, 0.25) is 0 Å². The molecule has 100 valence electrons. The molecule has 0 saturated heterocycles. The van der Waals surface area contributed by atoms with Gasteiger partial charge in [0.25, 0.3) is 0 Å². The zero-order valence-corrected chi connectivity index (χ0v) is 12.4. The minimum Gasteiger partial charge on any atom is -0.322 e. The molecule has 20 heavy (non-hydrogen) atoms. The van der Waals surface area contributed by atoms with Crippen LogP contribution in [0.2, 0.25) is 0 Å². The number of hydrogen-bond donors (Lipinski definition) is 1. The first-order valence-electron chi connectivity index (χ1n) is 6.44. The number of halogens is 1. The average Bonchev–Trinajstić information content (AvgIpc) is 2.48. The minimum absolute atomic E-state index is 0.117. The van der Waals surface area contributed by atoms with Gasteiger partial charge >= 0.3 is 0 Å². The molecule has 3 nitrogen and oxygen atoms in total. The lowest BCUT2D eigenvalue weighted by atomic mass is 10.0. The van der Waals surface area contributed by atoms with Crippen LogP contribution < -0.4 is 5.73 Å². The summed E-state index contributed by atoms with van der Waals surface area (Å²) >= 11 is 3.38. The molecule has 0 radical (unpaired) electrons. The molecule has 0 bridgehead atoms. The van der Waals surface area contributed by atoms with Crippen LogP contribution in [-0.4, -0.2) is 9.97 Å². The second-order valence-electron chi connectivity index (χ2n) is 4.70. The summed E-state index contributed by atoms with van der Waals surface area (Å²) in [5, 5.41) is 1.16. The topological polar surface area (TPSA) is 51.8 Å². The maximum absolute atomic E-state index is 6.27. The highest BCUT2D eigenvalue weighted by atomic mass is 79.9. The fourth-order valence-electron chi connectivity index (χ4n) is 2.28. The van der Waals surface area contributed by atoms with E-state index in [1.54, 1.807) is 6.20 Å². The molecule has 0 fully saturated rings. The molecule has 0 saturated carbocycles. The molecule has 3 aromatic rings. The van der Waals surface area contributed by atoms with Gasteiger partial charge in [0.05, 0.1) is 17.3 Å². The summed E-state index contributed by atoms with van der Waals surface area (Å²) in [6.07, 6.45) is 4.36. The minimum atomic E-state index is -0.117. The van der Waals surface area contributed by atoms with E-state index in [2.05, 4.69) is 32.0 Å². The number of nitrogens with zero attached hydrogens (tertiary/aromatic N) is 2. The van der Waals surface area contributed by atoms with Gasteiger partial charge < -0.3 is 5.73 Å².